The Bertz CT molecular complexity index is 409. The molecule has 2 rings (SSSR count). The van der Waals surface area contributed by atoms with E-state index in [9.17, 15) is 9.18 Å². The Morgan fingerprint density at radius 1 is 1.62 bits per heavy atom. The molecule has 1 N–H and O–H groups in total. The lowest BCUT2D eigenvalue weighted by atomic mass is 10.1. The first-order valence-corrected chi connectivity index (χ1v) is 5.23. The highest BCUT2D eigenvalue weighted by Gasteiger charge is 2.24. The minimum Gasteiger partial charge on any atom is -0.464 e. The number of carbonyl (C=O) groups is 1. The van der Waals surface area contributed by atoms with E-state index in [-0.39, 0.29) is 11.7 Å². The molecule has 0 radical (unpaired) electrons. The number of aryl methyl sites for hydroxylation is 1. The molecule has 86 valence electrons. The minimum atomic E-state index is -0.508. The molecule has 1 saturated heterocycles. The molecule has 1 aromatic heterocycles. The Labute approximate surface area is 92.8 Å². The highest BCUT2D eigenvalue weighted by Crippen LogP contribution is 2.16. The van der Waals surface area contributed by atoms with E-state index in [1.807, 2.05) is 0 Å². The normalized spacial score (nSPS) is 20.4. The summed E-state index contributed by atoms with van der Waals surface area (Å²) in [5.74, 6) is -0.212. The number of aromatic nitrogens is 1. The van der Waals surface area contributed by atoms with E-state index in [1.165, 1.54) is 6.07 Å². The summed E-state index contributed by atoms with van der Waals surface area (Å²) in [6.07, 6.45) is 2.15. The van der Waals surface area contributed by atoms with Gasteiger partial charge in [-0.1, -0.05) is 0 Å². The van der Waals surface area contributed by atoms with E-state index in [4.69, 9.17) is 4.74 Å². The van der Waals surface area contributed by atoms with Gasteiger partial charge in [-0.05, 0) is 25.3 Å². The SMILES string of the molecule is Cc1cc(OC2CCCNC2=O)ncc1F. The van der Waals surface area contributed by atoms with E-state index in [0.717, 1.165) is 12.6 Å². The predicted molar refractivity (Wildman–Crippen MR) is 55.6 cm³/mol. The molecule has 1 aliphatic rings. The van der Waals surface area contributed by atoms with Gasteiger partial charge in [-0.3, -0.25) is 4.79 Å². The summed E-state index contributed by atoms with van der Waals surface area (Å²) in [4.78, 5) is 15.2. The van der Waals surface area contributed by atoms with Gasteiger partial charge in [-0.15, -0.1) is 0 Å². The van der Waals surface area contributed by atoms with Crippen LogP contribution in [0.5, 0.6) is 5.88 Å². The summed E-state index contributed by atoms with van der Waals surface area (Å²) in [6.45, 7) is 2.32. The number of rotatable bonds is 2. The molecule has 0 bridgehead atoms. The molecule has 2 heterocycles. The van der Waals surface area contributed by atoms with Crippen molar-refractivity contribution in [3.05, 3.63) is 23.6 Å². The Morgan fingerprint density at radius 2 is 2.44 bits per heavy atom. The van der Waals surface area contributed by atoms with Crippen LogP contribution in [0.25, 0.3) is 0 Å². The third kappa shape index (κ3) is 2.29. The summed E-state index contributed by atoms with van der Waals surface area (Å²) >= 11 is 0. The Kier molecular flexibility index (Phi) is 3.03. The maximum atomic E-state index is 13.0. The number of ether oxygens (including phenoxy) is 1. The lowest BCUT2D eigenvalue weighted by Crippen LogP contribution is -2.43. The van der Waals surface area contributed by atoms with Gasteiger partial charge in [0.05, 0.1) is 6.20 Å². The van der Waals surface area contributed by atoms with Gasteiger partial charge in [0.1, 0.15) is 5.82 Å². The number of hydrogen-bond acceptors (Lipinski definition) is 3. The molecule has 16 heavy (non-hydrogen) atoms. The van der Waals surface area contributed by atoms with E-state index in [2.05, 4.69) is 10.3 Å². The molecule has 0 spiro atoms. The molecule has 1 atom stereocenters. The van der Waals surface area contributed by atoms with E-state index < -0.39 is 6.10 Å². The summed E-state index contributed by atoms with van der Waals surface area (Å²) in [6, 6.07) is 1.50. The molecular formula is C11H13FN2O2. The largest absolute Gasteiger partial charge is 0.464 e. The van der Waals surface area contributed by atoms with Crippen LogP contribution in [-0.4, -0.2) is 23.5 Å². The zero-order valence-electron chi connectivity index (χ0n) is 9.00. The van der Waals surface area contributed by atoms with Gasteiger partial charge < -0.3 is 10.1 Å². The number of piperidine rings is 1. The molecule has 1 aliphatic heterocycles. The second-order valence-electron chi connectivity index (χ2n) is 3.81. The molecule has 1 fully saturated rings. The van der Waals surface area contributed by atoms with Crippen LogP contribution in [0.4, 0.5) is 4.39 Å². The zero-order valence-corrected chi connectivity index (χ0v) is 9.00. The van der Waals surface area contributed by atoms with Gasteiger partial charge in [0, 0.05) is 12.6 Å². The number of halogens is 1. The van der Waals surface area contributed by atoms with Crippen LogP contribution in [0, 0.1) is 12.7 Å². The first kappa shape index (κ1) is 10.9. The van der Waals surface area contributed by atoms with Gasteiger partial charge >= 0.3 is 0 Å². The van der Waals surface area contributed by atoms with Crippen LogP contribution >= 0.6 is 0 Å². The van der Waals surface area contributed by atoms with Crippen molar-refractivity contribution < 1.29 is 13.9 Å². The van der Waals surface area contributed by atoms with Gasteiger partial charge in [0.15, 0.2) is 6.10 Å². The summed E-state index contributed by atoms with van der Waals surface area (Å²) in [5, 5.41) is 2.71. The highest BCUT2D eigenvalue weighted by molar-refractivity contribution is 5.81. The van der Waals surface area contributed by atoms with Crippen molar-refractivity contribution in [2.24, 2.45) is 0 Å². The molecule has 1 unspecified atom stereocenters. The predicted octanol–water partition coefficient (Wildman–Crippen LogP) is 1.19. The van der Waals surface area contributed by atoms with Crippen LogP contribution in [-0.2, 0) is 4.79 Å². The number of nitrogens with one attached hydrogen (secondary N) is 1. The van der Waals surface area contributed by atoms with Crippen molar-refractivity contribution in [2.45, 2.75) is 25.9 Å². The van der Waals surface area contributed by atoms with E-state index >= 15 is 0 Å². The Hall–Kier alpha value is -1.65. The number of carbonyl (C=O) groups excluding carboxylic acids is 1. The van der Waals surface area contributed by atoms with Crippen molar-refractivity contribution in [3.8, 4) is 5.88 Å². The number of amides is 1. The first-order chi connectivity index (χ1) is 7.66. The highest BCUT2D eigenvalue weighted by atomic mass is 19.1. The van der Waals surface area contributed by atoms with Crippen LogP contribution in [0.15, 0.2) is 12.3 Å². The molecule has 5 heteroatoms. The van der Waals surface area contributed by atoms with Crippen molar-refractivity contribution in [2.75, 3.05) is 6.54 Å². The lowest BCUT2D eigenvalue weighted by Gasteiger charge is -2.22. The average molecular weight is 224 g/mol. The summed E-state index contributed by atoms with van der Waals surface area (Å²) < 4.78 is 18.4. The van der Waals surface area contributed by atoms with Gasteiger partial charge in [-0.2, -0.15) is 0 Å². The third-order valence-electron chi connectivity index (χ3n) is 2.52. The Morgan fingerprint density at radius 3 is 3.12 bits per heavy atom. The molecular weight excluding hydrogens is 211 g/mol. The number of nitrogens with zero attached hydrogens (tertiary/aromatic N) is 1. The fourth-order valence-corrected chi connectivity index (χ4v) is 1.58. The van der Waals surface area contributed by atoms with Crippen molar-refractivity contribution >= 4 is 5.91 Å². The second-order valence-corrected chi connectivity index (χ2v) is 3.81. The standard InChI is InChI=1S/C11H13FN2O2/c1-7-5-10(14-6-8(7)12)16-9-3-2-4-13-11(9)15/h5-6,9H,2-4H2,1H3,(H,13,15). The molecule has 1 amide bonds. The third-order valence-corrected chi connectivity index (χ3v) is 2.52. The zero-order chi connectivity index (χ0) is 11.5. The maximum Gasteiger partial charge on any atom is 0.261 e. The quantitative estimate of drug-likeness (QED) is 0.820. The Balaban J connectivity index is 2.08. The van der Waals surface area contributed by atoms with Gasteiger partial charge in [0.2, 0.25) is 5.88 Å². The lowest BCUT2D eigenvalue weighted by molar-refractivity contribution is -0.130. The minimum absolute atomic E-state index is 0.130. The fraction of sp³-hybridized carbons (Fsp3) is 0.455. The maximum absolute atomic E-state index is 13.0. The van der Waals surface area contributed by atoms with Crippen molar-refractivity contribution in [1.29, 1.82) is 0 Å². The average Bonchev–Trinajstić information content (AvgIpc) is 2.27. The van der Waals surface area contributed by atoms with Crippen molar-refractivity contribution in [1.82, 2.24) is 10.3 Å². The monoisotopic (exact) mass is 224 g/mol. The number of hydrogen-bond donors (Lipinski definition) is 1. The van der Waals surface area contributed by atoms with E-state index in [1.54, 1.807) is 6.92 Å². The second kappa shape index (κ2) is 4.47. The van der Waals surface area contributed by atoms with Crippen LogP contribution in [0.1, 0.15) is 18.4 Å². The van der Waals surface area contributed by atoms with Crippen LogP contribution in [0.3, 0.4) is 0 Å². The molecule has 0 aliphatic carbocycles. The molecule has 1 aromatic rings. The van der Waals surface area contributed by atoms with Crippen LogP contribution in [0.2, 0.25) is 0 Å². The van der Waals surface area contributed by atoms with Gasteiger partial charge in [0.25, 0.3) is 5.91 Å². The molecule has 0 saturated carbocycles. The smallest absolute Gasteiger partial charge is 0.261 e. The van der Waals surface area contributed by atoms with E-state index in [0.29, 0.717) is 24.4 Å². The summed E-state index contributed by atoms with van der Waals surface area (Å²) in [7, 11) is 0. The number of pyridine rings is 1. The van der Waals surface area contributed by atoms with Crippen molar-refractivity contribution in [3.63, 3.8) is 0 Å². The van der Waals surface area contributed by atoms with Crippen LogP contribution < -0.4 is 10.1 Å². The van der Waals surface area contributed by atoms with Gasteiger partial charge in [-0.25, -0.2) is 9.37 Å². The molecule has 4 nitrogen and oxygen atoms in total. The molecule has 0 aromatic carbocycles. The first-order valence-electron chi connectivity index (χ1n) is 5.23. The fourth-order valence-electron chi connectivity index (χ4n) is 1.58. The summed E-state index contributed by atoms with van der Waals surface area (Å²) in [5.41, 5.74) is 0.459. The topological polar surface area (TPSA) is 51.2 Å².